The van der Waals surface area contributed by atoms with Crippen LogP contribution in [0.3, 0.4) is 0 Å². The Morgan fingerprint density at radius 1 is 0.750 bits per heavy atom. The summed E-state index contributed by atoms with van der Waals surface area (Å²) in [6, 6.07) is 10.2. The molecule has 0 bridgehead atoms. The molecule has 0 radical (unpaired) electrons. The topological polar surface area (TPSA) is 74.6 Å². The van der Waals surface area contributed by atoms with Crippen molar-refractivity contribution in [1.29, 1.82) is 0 Å². The number of benzene rings is 2. The molecule has 2 aromatic rings. The van der Waals surface area contributed by atoms with Crippen molar-refractivity contribution in [2.45, 2.75) is 12.8 Å². The van der Waals surface area contributed by atoms with E-state index in [1.165, 1.54) is 0 Å². The Morgan fingerprint density at radius 3 is 1.50 bits per heavy atom. The van der Waals surface area contributed by atoms with E-state index in [9.17, 15) is 9.59 Å². The van der Waals surface area contributed by atoms with E-state index in [4.69, 9.17) is 10.2 Å². The van der Waals surface area contributed by atoms with Crippen LogP contribution in [0.2, 0.25) is 0 Å². The second-order valence-corrected chi connectivity index (χ2v) is 4.85. The van der Waals surface area contributed by atoms with E-state index < -0.39 is 11.9 Å². The van der Waals surface area contributed by atoms with Crippen LogP contribution in [0.1, 0.15) is 31.8 Å². The predicted molar refractivity (Wildman–Crippen MR) is 73.2 cm³/mol. The summed E-state index contributed by atoms with van der Waals surface area (Å²) in [6.07, 6.45) is 1.46. The molecule has 0 unspecified atom stereocenters. The number of carbonyl (C=O) groups is 2. The quantitative estimate of drug-likeness (QED) is 0.878. The molecule has 0 atom stereocenters. The first-order valence-electron chi connectivity index (χ1n) is 6.29. The standard InChI is InChI=1S/C16H12O4/c17-15(18)11-3-5-13-9(7-11)1-2-10-8-12(16(19)20)4-6-14(10)13/h3-8H,1-2H2,(H,17,18)(H,19,20). The van der Waals surface area contributed by atoms with Crippen LogP contribution in [0.15, 0.2) is 36.4 Å². The van der Waals surface area contributed by atoms with Crippen LogP contribution < -0.4 is 0 Å². The molecule has 0 aromatic heterocycles. The number of carboxylic acid groups (broad SMARTS) is 2. The lowest BCUT2D eigenvalue weighted by atomic mass is 9.84. The lowest BCUT2D eigenvalue weighted by Gasteiger charge is -2.20. The first-order valence-corrected chi connectivity index (χ1v) is 6.29. The molecule has 4 heteroatoms. The average Bonchev–Trinajstić information content (AvgIpc) is 2.45. The van der Waals surface area contributed by atoms with Gasteiger partial charge in [0.05, 0.1) is 11.1 Å². The second kappa shape index (κ2) is 4.49. The van der Waals surface area contributed by atoms with E-state index in [1.54, 1.807) is 36.4 Å². The van der Waals surface area contributed by atoms with Gasteiger partial charge < -0.3 is 10.2 Å². The van der Waals surface area contributed by atoms with Crippen LogP contribution in [-0.4, -0.2) is 22.2 Å². The van der Waals surface area contributed by atoms with E-state index in [1.807, 2.05) is 0 Å². The molecule has 4 nitrogen and oxygen atoms in total. The monoisotopic (exact) mass is 268 g/mol. The van der Waals surface area contributed by atoms with E-state index in [2.05, 4.69) is 0 Å². The molecule has 20 heavy (non-hydrogen) atoms. The Balaban J connectivity index is 2.12. The van der Waals surface area contributed by atoms with E-state index in [0.717, 1.165) is 35.1 Å². The second-order valence-electron chi connectivity index (χ2n) is 4.85. The summed E-state index contributed by atoms with van der Waals surface area (Å²) in [5.41, 5.74) is 4.56. The fraction of sp³-hybridized carbons (Fsp3) is 0.125. The maximum atomic E-state index is 11.0. The molecule has 1 aliphatic carbocycles. The van der Waals surface area contributed by atoms with Crippen molar-refractivity contribution in [2.24, 2.45) is 0 Å². The summed E-state index contributed by atoms with van der Waals surface area (Å²) in [7, 11) is 0. The lowest BCUT2D eigenvalue weighted by Crippen LogP contribution is -2.08. The molecule has 100 valence electrons. The van der Waals surface area contributed by atoms with Gasteiger partial charge in [-0.05, 0) is 59.4 Å². The number of carboxylic acids is 2. The molecule has 0 aliphatic heterocycles. The highest BCUT2D eigenvalue weighted by Gasteiger charge is 2.18. The molecule has 1 aliphatic rings. The highest BCUT2D eigenvalue weighted by atomic mass is 16.4. The molecule has 2 aromatic carbocycles. The smallest absolute Gasteiger partial charge is 0.335 e. The van der Waals surface area contributed by atoms with Crippen molar-refractivity contribution < 1.29 is 19.8 Å². The van der Waals surface area contributed by atoms with E-state index in [-0.39, 0.29) is 11.1 Å². The Kier molecular flexibility index (Phi) is 2.79. The molecule has 0 saturated carbocycles. The average molecular weight is 268 g/mol. The minimum Gasteiger partial charge on any atom is -0.478 e. The molecule has 0 saturated heterocycles. The normalized spacial score (nSPS) is 12.4. The van der Waals surface area contributed by atoms with Crippen molar-refractivity contribution in [3.8, 4) is 11.1 Å². The van der Waals surface area contributed by atoms with Crippen molar-refractivity contribution in [2.75, 3.05) is 0 Å². The Bertz CT molecular complexity index is 668. The van der Waals surface area contributed by atoms with Gasteiger partial charge in [-0.1, -0.05) is 12.1 Å². The number of aromatic carboxylic acids is 2. The summed E-state index contributed by atoms with van der Waals surface area (Å²) in [6.45, 7) is 0. The minimum absolute atomic E-state index is 0.286. The Labute approximate surface area is 115 Å². The molecule has 0 heterocycles. The summed E-state index contributed by atoms with van der Waals surface area (Å²) >= 11 is 0. The van der Waals surface area contributed by atoms with E-state index in [0.29, 0.717) is 0 Å². The van der Waals surface area contributed by atoms with Crippen molar-refractivity contribution in [3.05, 3.63) is 58.7 Å². The van der Waals surface area contributed by atoms with Crippen LogP contribution in [-0.2, 0) is 12.8 Å². The van der Waals surface area contributed by atoms with Crippen molar-refractivity contribution in [1.82, 2.24) is 0 Å². The summed E-state index contributed by atoms with van der Waals surface area (Å²) in [4.78, 5) is 22.0. The van der Waals surface area contributed by atoms with Gasteiger partial charge in [0.25, 0.3) is 0 Å². The lowest BCUT2D eigenvalue weighted by molar-refractivity contribution is 0.0686. The zero-order valence-electron chi connectivity index (χ0n) is 10.6. The maximum Gasteiger partial charge on any atom is 0.335 e. The highest BCUT2D eigenvalue weighted by Crippen LogP contribution is 2.34. The largest absolute Gasteiger partial charge is 0.478 e. The Morgan fingerprint density at radius 2 is 1.15 bits per heavy atom. The van der Waals surface area contributed by atoms with Gasteiger partial charge in [-0.3, -0.25) is 0 Å². The fourth-order valence-electron chi connectivity index (χ4n) is 2.66. The van der Waals surface area contributed by atoms with Crippen molar-refractivity contribution >= 4 is 11.9 Å². The SMILES string of the molecule is O=C(O)c1ccc2c(c1)CCc1cc(C(=O)O)ccc1-2. The zero-order valence-corrected chi connectivity index (χ0v) is 10.6. The van der Waals surface area contributed by atoms with Crippen LogP contribution in [0.5, 0.6) is 0 Å². The summed E-state index contributed by atoms with van der Waals surface area (Å²) < 4.78 is 0. The molecular weight excluding hydrogens is 256 g/mol. The van der Waals surface area contributed by atoms with Gasteiger partial charge in [0.15, 0.2) is 0 Å². The molecule has 0 spiro atoms. The van der Waals surface area contributed by atoms with Crippen LogP contribution >= 0.6 is 0 Å². The number of hydrogen-bond acceptors (Lipinski definition) is 2. The summed E-state index contributed by atoms with van der Waals surface area (Å²) in [5.74, 6) is -1.86. The number of aryl methyl sites for hydroxylation is 2. The van der Waals surface area contributed by atoms with Crippen LogP contribution in [0.25, 0.3) is 11.1 Å². The molecule has 0 amide bonds. The molecular formula is C16H12O4. The van der Waals surface area contributed by atoms with Crippen LogP contribution in [0.4, 0.5) is 0 Å². The molecule has 3 rings (SSSR count). The third-order valence-corrected chi connectivity index (χ3v) is 3.66. The first kappa shape index (κ1) is 12.4. The predicted octanol–water partition coefficient (Wildman–Crippen LogP) is 2.85. The van der Waals surface area contributed by atoms with Crippen molar-refractivity contribution in [3.63, 3.8) is 0 Å². The maximum absolute atomic E-state index is 11.0. The number of rotatable bonds is 2. The third-order valence-electron chi connectivity index (χ3n) is 3.66. The number of fused-ring (bicyclic) bond motifs is 3. The van der Waals surface area contributed by atoms with Crippen LogP contribution in [0, 0.1) is 0 Å². The first-order chi connectivity index (χ1) is 9.56. The summed E-state index contributed by atoms with van der Waals surface area (Å²) in [5, 5.41) is 18.0. The highest BCUT2D eigenvalue weighted by molar-refractivity contribution is 5.91. The van der Waals surface area contributed by atoms with Gasteiger partial charge in [0.2, 0.25) is 0 Å². The van der Waals surface area contributed by atoms with Gasteiger partial charge in [0, 0.05) is 0 Å². The van der Waals surface area contributed by atoms with Gasteiger partial charge in [-0.15, -0.1) is 0 Å². The van der Waals surface area contributed by atoms with Gasteiger partial charge in [0.1, 0.15) is 0 Å². The zero-order chi connectivity index (χ0) is 14.3. The molecule has 0 fully saturated rings. The van der Waals surface area contributed by atoms with Gasteiger partial charge >= 0.3 is 11.9 Å². The number of hydrogen-bond donors (Lipinski definition) is 2. The minimum atomic E-state index is -0.931. The third kappa shape index (κ3) is 1.95. The fourth-order valence-corrected chi connectivity index (χ4v) is 2.66. The van der Waals surface area contributed by atoms with E-state index >= 15 is 0 Å². The molecule has 2 N–H and O–H groups in total. The van der Waals surface area contributed by atoms with Gasteiger partial charge in [-0.25, -0.2) is 9.59 Å². The Hall–Kier alpha value is -2.62. The van der Waals surface area contributed by atoms with Gasteiger partial charge in [-0.2, -0.15) is 0 Å².